The zero-order valence-corrected chi connectivity index (χ0v) is 25.3. The monoisotopic (exact) mass is 552 g/mol. The molecule has 1 aromatic carbocycles. The third kappa shape index (κ3) is 7.63. The van der Waals surface area contributed by atoms with Gasteiger partial charge in [-0.05, 0) is 78.6 Å². The average molecular weight is 553 g/mol. The second kappa shape index (κ2) is 13.2. The van der Waals surface area contributed by atoms with Crippen molar-refractivity contribution in [2.45, 2.75) is 72.3 Å². The van der Waals surface area contributed by atoms with E-state index in [-0.39, 0.29) is 17.9 Å². The molecule has 1 aromatic heterocycles. The van der Waals surface area contributed by atoms with Gasteiger partial charge in [0.05, 0.1) is 23.1 Å². The fourth-order valence-electron chi connectivity index (χ4n) is 5.75. The number of aromatic nitrogens is 2. The predicted molar refractivity (Wildman–Crippen MR) is 158 cm³/mol. The Morgan fingerprint density at radius 1 is 1.02 bits per heavy atom. The van der Waals surface area contributed by atoms with Gasteiger partial charge in [-0.15, -0.1) is 0 Å². The van der Waals surface area contributed by atoms with E-state index >= 15 is 0 Å². The van der Waals surface area contributed by atoms with Crippen LogP contribution in [0.2, 0.25) is 0 Å². The number of likely N-dealkylation sites (N-methyl/N-ethyl adjacent to an activating group) is 1. The minimum Gasteiger partial charge on any atom is -0.444 e. The first-order chi connectivity index (χ1) is 19.1. The zero-order valence-electron chi connectivity index (χ0n) is 25.3. The summed E-state index contributed by atoms with van der Waals surface area (Å²) in [4.78, 5) is 32.9. The number of carbonyl (C=O) groups excluding carboxylic acids is 2. The number of nitrogens with zero attached hydrogens (tertiary/aromatic N) is 5. The van der Waals surface area contributed by atoms with Crippen molar-refractivity contribution < 1.29 is 14.3 Å². The number of likely N-dealkylation sites (tertiary alicyclic amines) is 1. The molecule has 2 aliphatic rings. The van der Waals surface area contributed by atoms with Crippen LogP contribution in [0.25, 0.3) is 5.69 Å². The molecule has 40 heavy (non-hydrogen) atoms. The van der Waals surface area contributed by atoms with Crippen molar-refractivity contribution in [1.29, 1.82) is 0 Å². The van der Waals surface area contributed by atoms with E-state index in [1.54, 1.807) is 11.1 Å². The lowest BCUT2D eigenvalue weighted by atomic mass is 9.90. The lowest BCUT2D eigenvalue weighted by Gasteiger charge is -2.34. The van der Waals surface area contributed by atoms with E-state index in [2.05, 4.69) is 54.1 Å². The number of nitrogens with one attached hydrogen (secondary N) is 1. The quantitative estimate of drug-likeness (QED) is 0.490. The smallest absolute Gasteiger partial charge is 0.410 e. The first-order valence-electron chi connectivity index (χ1n) is 14.9. The predicted octanol–water partition coefficient (Wildman–Crippen LogP) is 4.36. The fraction of sp³-hybridized carbons (Fsp3) is 0.645. The number of benzene rings is 1. The summed E-state index contributed by atoms with van der Waals surface area (Å²) in [6.45, 7) is 20.4. The Kier molecular flexibility index (Phi) is 9.90. The van der Waals surface area contributed by atoms with Gasteiger partial charge in [0, 0.05) is 51.7 Å². The number of amides is 2. The molecular weight excluding hydrogens is 504 g/mol. The summed E-state index contributed by atoms with van der Waals surface area (Å²) in [5, 5.41) is 7.90. The Labute approximate surface area is 239 Å². The molecule has 2 saturated heterocycles. The normalized spacial score (nSPS) is 17.7. The number of carbonyl (C=O) groups is 2. The molecule has 0 atom stereocenters. The maximum Gasteiger partial charge on any atom is 0.410 e. The van der Waals surface area contributed by atoms with Gasteiger partial charge in [0.2, 0.25) is 0 Å². The molecule has 0 saturated carbocycles. The van der Waals surface area contributed by atoms with Gasteiger partial charge in [0.1, 0.15) is 5.60 Å². The lowest BCUT2D eigenvalue weighted by molar-refractivity contribution is 0.0203. The molecule has 2 amide bonds. The topological polar surface area (TPSA) is 82.9 Å². The number of ether oxygens (including phenoxy) is 1. The highest BCUT2D eigenvalue weighted by molar-refractivity contribution is 5.95. The number of hydrogen-bond donors (Lipinski definition) is 1. The highest BCUT2D eigenvalue weighted by Crippen LogP contribution is 2.33. The van der Waals surface area contributed by atoms with Crippen molar-refractivity contribution >= 4 is 12.0 Å². The maximum absolute atomic E-state index is 13.5. The van der Waals surface area contributed by atoms with Crippen molar-refractivity contribution in [2.75, 3.05) is 58.9 Å². The number of rotatable bonds is 8. The highest BCUT2D eigenvalue weighted by atomic mass is 16.6. The van der Waals surface area contributed by atoms with E-state index in [4.69, 9.17) is 9.84 Å². The molecule has 3 heterocycles. The van der Waals surface area contributed by atoms with Crippen LogP contribution in [0.4, 0.5) is 4.79 Å². The van der Waals surface area contributed by atoms with Crippen molar-refractivity contribution in [2.24, 2.45) is 0 Å². The van der Waals surface area contributed by atoms with Gasteiger partial charge in [0.15, 0.2) is 0 Å². The van der Waals surface area contributed by atoms with Crippen molar-refractivity contribution in [3.63, 3.8) is 0 Å². The molecule has 0 unspecified atom stereocenters. The van der Waals surface area contributed by atoms with E-state index in [0.717, 1.165) is 75.5 Å². The Morgan fingerprint density at radius 2 is 1.70 bits per heavy atom. The second-order valence-corrected chi connectivity index (χ2v) is 12.3. The molecule has 0 spiro atoms. The molecule has 9 nitrogen and oxygen atoms in total. The molecule has 4 rings (SSSR count). The number of piperidine rings is 1. The lowest BCUT2D eigenvalue weighted by Crippen LogP contribution is -2.46. The third-order valence-electron chi connectivity index (χ3n) is 8.01. The largest absolute Gasteiger partial charge is 0.444 e. The van der Waals surface area contributed by atoms with E-state index < -0.39 is 5.60 Å². The first-order valence-corrected chi connectivity index (χ1v) is 14.9. The molecule has 9 heteroatoms. The van der Waals surface area contributed by atoms with Crippen LogP contribution in [0.15, 0.2) is 24.4 Å². The number of piperazine rings is 1. The molecule has 0 bridgehead atoms. The average Bonchev–Trinajstić information content (AvgIpc) is 3.35. The minimum absolute atomic E-state index is 0.0728. The third-order valence-corrected chi connectivity index (χ3v) is 8.01. The van der Waals surface area contributed by atoms with E-state index in [9.17, 15) is 9.59 Å². The summed E-state index contributed by atoms with van der Waals surface area (Å²) in [5.41, 5.74) is 4.34. The molecular formula is C31H48N6O3. The fourth-order valence-corrected chi connectivity index (χ4v) is 5.75. The maximum atomic E-state index is 13.5. The van der Waals surface area contributed by atoms with Crippen LogP contribution in [0, 0.1) is 13.8 Å². The van der Waals surface area contributed by atoms with Gasteiger partial charge >= 0.3 is 6.09 Å². The summed E-state index contributed by atoms with van der Waals surface area (Å²) in [6.07, 6.45) is 3.86. The Hall–Kier alpha value is -2.91. The minimum atomic E-state index is -0.523. The summed E-state index contributed by atoms with van der Waals surface area (Å²) in [5.74, 6) is 0.0360. The summed E-state index contributed by atoms with van der Waals surface area (Å²) in [6, 6.07) is 6.31. The highest BCUT2D eigenvalue weighted by Gasteiger charge is 2.32. The van der Waals surface area contributed by atoms with Crippen LogP contribution in [0.3, 0.4) is 0 Å². The van der Waals surface area contributed by atoms with E-state index in [0.29, 0.717) is 25.2 Å². The zero-order chi connectivity index (χ0) is 28.9. The van der Waals surface area contributed by atoms with E-state index in [1.807, 2.05) is 25.5 Å². The molecule has 220 valence electrons. The summed E-state index contributed by atoms with van der Waals surface area (Å²) in [7, 11) is 0. The molecule has 0 radical (unpaired) electrons. The van der Waals surface area contributed by atoms with Crippen molar-refractivity contribution in [3.05, 3.63) is 46.8 Å². The first kappa shape index (κ1) is 30.1. The Morgan fingerprint density at radius 3 is 2.33 bits per heavy atom. The van der Waals surface area contributed by atoms with Crippen molar-refractivity contribution in [1.82, 2.24) is 29.8 Å². The number of aryl methyl sites for hydroxylation is 2. The molecule has 2 aromatic rings. The van der Waals surface area contributed by atoms with Crippen LogP contribution in [0.1, 0.15) is 80.1 Å². The van der Waals surface area contributed by atoms with Crippen LogP contribution in [-0.4, -0.2) is 101 Å². The van der Waals surface area contributed by atoms with Crippen LogP contribution in [-0.2, 0) is 4.74 Å². The van der Waals surface area contributed by atoms with Gasteiger partial charge in [-0.3, -0.25) is 4.79 Å². The standard InChI is InChI=1S/C31H48N6O3/c1-7-34-17-19-35(20-18-34)14-8-13-32-29(38)26-22-33-37(27-10-9-23(2)21-24(27)3)28(26)25-11-15-36(16-12-25)30(39)40-31(4,5)6/h9-10,21-22,25H,7-8,11-20H2,1-6H3,(H,32,38). The van der Waals surface area contributed by atoms with E-state index in [1.165, 1.54) is 5.56 Å². The van der Waals surface area contributed by atoms with Crippen LogP contribution < -0.4 is 5.32 Å². The van der Waals surface area contributed by atoms with Gasteiger partial charge < -0.3 is 24.8 Å². The van der Waals surface area contributed by atoms with Crippen molar-refractivity contribution in [3.8, 4) is 5.69 Å². The van der Waals surface area contributed by atoms with Gasteiger partial charge in [-0.1, -0.05) is 24.6 Å². The van der Waals surface area contributed by atoms with Crippen LogP contribution >= 0.6 is 0 Å². The van der Waals surface area contributed by atoms with Crippen LogP contribution in [0.5, 0.6) is 0 Å². The number of hydrogen-bond acceptors (Lipinski definition) is 6. The molecule has 1 N–H and O–H groups in total. The summed E-state index contributed by atoms with van der Waals surface area (Å²) < 4.78 is 7.54. The molecule has 0 aliphatic carbocycles. The molecule has 2 aliphatic heterocycles. The Bertz CT molecular complexity index is 1150. The summed E-state index contributed by atoms with van der Waals surface area (Å²) >= 11 is 0. The second-order valence-electron chi connectivity index (χ2n) is 12.3. The van der Waals surface area contributed by atoms with Gasteiger partial charge in [0.25, 0.3) is 5.91 Å². The Balaban J connectivity index is 1.45. The molecule has 2 fully saturated rings. The van der Waals surface area contributed by atoms with Gasteiger partial charge in [-0.25, -0.2) is 9.48 Å². The SMILES string of the molecule is CCN1CCN(CCCNC(=O)c2cnn(-c3ccc(C)cc3C)c2C2CCN(C(=O)OC(C)(C)C)CC2)CC1. The van der Waals surface area contributed by atoms with Gasteiger partial charge in [-0.2, -0.15) is 5.10 Å².